The molecular formula is C28H42O4. The van der Waals surface area contributed by atoms with Gasteiger partial charge in [0, 0.05) is 17.3 Å². The van der Waals surface area contributed by atoms with Crippen molar-refractivity contribution in [3.8, 4) is 0 Å². The summed E-state index contributed by atoms with van der Waals surface area (Å²) in [6.45, 7) is 14.2. The lowest BCUT2D eigenvalue weighted by molar-refractivity contribution is -0.352. The Morgan fingerprint density at radius 3 is 2.44 bits per heavy atom. The van der Waals surface area contributed by atoms with E-state index in [0.717, 1.165) is 32.1 Å². The molecule has 178 valence electrons. The normalized spacial score (nSPS) is 57.1. The molecule has 0 aromatic heterocycles. The standard InChI is InChI=1S/C28H42O4/c1-18(2)19(3)7-8-20(4)22-10-12-26-23(22,5)13-15-27-24(6)11-9-21(29)17-25(24,31-32-27)14-16-28(26,27)30-26/h7-8,14,16,18-22,29H,9-13,15,17H2,1-6H3. The predicted octanol–water partition coefficient (Wildman–Crippen LogP) is 5.75. The number of hydrogen-bond donors (Lipinski definition) is 1. The minimum Gasteiger partial charge on any atom is -0.393 e. The molecule has 2 bridgehead atoms. The molecule has 4 aliphatic carbocycles. The molecule has 0 amide bonds. The zero-order chi connectivity index (χ0) is 22.8. The Hall–Kier alpha value is -0.680. The monoisotopic (exact) mass is 442 g/mol. The van der Waals surface area contributed by atoms with Crippen LogP contribution < -0.4 is 0 Å². The molecular weight excluding hydrogens is 400 g/mol. The maximum atomic E-state index is 10.4. The molecule has 0 aromatic rings. The largest absolute Gasteiger partial charge is 0.393 e. The van der Waals surface area contributed by atoms with Crippen LogP contribution in [0, 0.1) is 34.5 Å². The van der Waals surface area contributed by atoms with E-state index in [-0.39, 0.29) is 28.1 Å². The number of aliphatic hydroxyl groups is 1. The molecule has 2 aliphatic heterocycles. The molecule has 32 heavy (non-hydrogen) atoms. The Morgan fingerprint density at radius 1 is 0.906 bits per heavy atom. The van der Waals surface area contributed by atoms with Gasteiger partial charge in [-0.3, -0.25) is 0 Å². The third kappa shape index (κ3) is 2.12. The predicted molar refractivity (Wildman–Crippen MR) is 124 cm³/mol. The van der Waals surface area contributed by atoms with E-state index in [0.29, 0.717) is 30.1 Å². The Morgan fingerprint density at radius 2 is 1.69 bits per heavy atom. The quantitative estimate of drug-likeness (QED) is 0.342. The molecule has 4 nitrogen and oxygen atoms in total. The van der Waals surface area contributed by atoms with Crippen molar-refractivity contribution in [3.63, 3.8) is 0 Å². The van der Waals surface area contributed by atoms with E-state index < -0.39 is 11.2 Å². The van der Waals surface area contributed by atoms with Gasteiger partial charge in [-0.2, -0.15) is 0 Å². The molecule has 3 saturated carbocycles. The van der Waals surface area contributed by atoms with Crippen molar-refractivity contribution in [1.29, 1.82) is 0 Å². The van der Waals surface area contributed by atoms with Crippen molar-refractivity contribution in [2.24, 2.45) is 34.5 Å². The SMILES string of the molecule is CC(C)C(C)C=CC(C)C1CCC23OC24C=CC25CC(O)CCC2(C)C4(CCC13C)OO5. The van der Waals surface area contributed by atoms with E-state index in [1.54, 1.807) is 0 Å². The fourth-order valence-electron chi connectivity index (χ4n) is 9.13. The van der Waals surface area contributed by atoms with Crippen LogP contribution in [0.3, 0.4) is 0 Å². The van der Waals surface area contributed by atoms with E-state index in [4.69, 9.17) is 14.5 Å². The van der Waals surface area contributed by atoms with E-state index in [1.165, 1.54) is 6.42 Å². The maximum Gasteiger partial charge on any atom is 0.149 e. The van der Waals surface area contributed by atoms with Gasteiger partial charge >= 0.3 is 0 Å². The molecule has 2 saturated heterocycles. The first-order valence-electron chi connectivity index (χ1n) is 13.2. The number of allylic oxidation sites excluding steroid dienone is 2. The van der Waals surface area contributed by atoms with Crippen LogP contribution in [0.25, 0.3) is 0 Å². The van der Waals surface area contributed by atoms with Crippen molar-refractivity contribution in [3.05, 3.63) is 24.3 Å². The van der Waals surface area contributed by atoms with Crippen molar-refractivity contribution in [1.82, 2.24) is 0 Å². The summed E-state index contributed by atoms with van der Waals surface area (Å²) in [5.74, 6) is 2.45. The number of hydrogen-bond acceptors (Lipinski definition) is 4. The van der Waals surface area contributed by atoms with Gasteiger partial charge in [-0.25, -0.2) is 9.78 Å². The van der Waals surface area contributed by atoms with Gasteiger partial charge in [-0.05, 0) is 74.3 Å². The van der Waals surface area contributed by atoms with Crippen LogP contribution in [-0.4, -0.2) is 33.6 Å². The first kappa shape index (κ1) is 21.8. The lowest BCUT2D eigenvalue weighted by Gasteiger charge is -2.58. The zero-order valence-electron chi connectivity index (χ0n) is 20.8. The Balaban J connectivity index is 1.36. The van der Waals surface area contributed by atoms with Gasteiger partial charge in [-0.1, -0.05) is 53.7 Å². The summed E-state index contributed by atoms with van der Waals surface area (Å²) >= 11 is 0. The number of aliphatic hydroxyl groups excluding tert-OH is 1. The third-order valence-electron chi connectivity index (χ3n) is 11.7. The lowest BCUT2D eigenvalue weighted by Crippen LogP contribution is -2.69. The van der Waals surface area contributed by atoms with Gasteiger partial charge in [0.1, 0.15) is 22.4 Å². The van der Waals surface area contributed by atoms with Crippen LogP contribution in [-0.2, 0) is 14.5 Å². The van der Waals surface area contributed by atoms with Crippen LogP contribution >= 0.6 is 0 Å². The van der Waals surface area contributed by atoms with Gasteiger partial charge in [0.2, 0.25) is 0 Å². The second kappa shape index (κ2) is 6.30. The summed E-state index contributed by atoms with van der Waals surface area (Å²) in [5.41, 5.74) is -1.50. The molecule has 6 rings (SSSR count). The molecule has 2 heterocycles. The number of epoxide rings is 1. The van der Waals surface area contributed by atoms with E-state index >= 15 is 0 Å². The lowest BCUT2D eigenvalue weighted by atomic mass is 9.43. The summed E-state index contributed by atoms with van der Waals surface area (Å²) in [5, 5.41) is 10.4. The summed E-state index contributed by atoms with van der Waals surface area (Å²) in [6.07, 6.45) is 15.9. The van der Waals surface area contributed by atoms with Gasteiger partial charge in [0.05, 0.1) is 6.10 Å². The van der Waals surface area contributed by atoms with Crippen LogP contribution in [0.4, 0.5) is 0 Å². The number of ether oxygens (including phenoxy) is 1. The fraction of sp³-hybridized carbons (Fsp3) is 0.857. The van der Waals surface area contributed by atoms with Crippen molar-refractivity contribution < 1.29 is 19.6 Å². The molecule has 3 spiro atoms. The minimum absolute atomic E-state index is 0.143. The highest BCUT2D eigenvalue weighted by molar-refractivity contribution is 5.49. The summed E-state index contributed by atoms with van der Waals surface area (Å²) in [6, 6.07) is 0. The van der Waals surface area contributed by atoms with Crippen LogP contribution in [0.1, 0.15) is 86.5 Å². The highest BCUT2D eigenvalue weighted by Gasteiger charge is 2.94. The number of rotatable bonds is 4. The van der Waals surface area contributed by atoms with E-state index in [2.05, 4.69) is 65.8 Å². The van der Waals surface area contributed by atoms with Crippen molar-refractivity contribution in [2.45, 2.75) is 115 Å². The van der Waals surface area contributed by atoms with Crippen LogP contribution in [0.2, 0.25) is 0 Å². The van der Waals surface area contributed by atoms with Gasteiger partial charge in [-0.15, -0.1) is 0 Å². The maximum absolute atomic E-state index is 10.4. The Bertz CT molecular complexity index is 881. The first-order chi connectivity index (χ1) is 15.0. The average molecular weight is 443 g/mol. The molecule has 0 aromatic carbocycles. The van der Waals surface area contributed by atoms with Gasteiger partial charge < -0.3 is 9.84 Å². The Kier molecular flexibility index (Phi) is 4.30. The second-order valence-corrected chi connectivity index (χ2v) is 13.0. The van der Waals surface area contributed by atoms with E-state index in [9.17, 15) is 5.11 Å². The zero-order valence-corrected chi connectivity index (χ0v) is 20.8. The average Bonchev–Trinajstić information content (AvgIpc) is 3.29. The molecule has 5 fully saturated rings. The highest BCUT2D eigenvalue weighted by Crippen LogP contribution is 2.84. The summed E-state index contributed by atoms with van der Waals surface area (Å²) in [4.78, 5) is 12.6. The topological polar surface area (TPSA) is 51.2 Å². The molecule has 10 unspecified atom stereocenters. The fourth-order valence-corrected chi connectivity index (χ4v) is 9.13. The Labute approximate surface area is 193 Å². The van der Waals surface area contributed by atoms with E-state index in [1.807, 2.05) is 0 Å². The highest BCUT2D eigenvalue weighted by atomic mass is 17.2. The van der Waals surface area contributed by atoms with Crippen molar-refractivity contribution >= 4 is 0 Å². The molecule has 0 radical (unpaired) electrons. The third-order valence-corrected chi connectivity index (χ3v) is 11.7. The molecule has 4 heteroatoms. The van der Waals surface area contributed by atoms with Gasteiger partial charge in [0.15, 0.2) is 0 Å². The minimum atomic E-state index is -0.516. The van der Waals surface area contributed by atoms with Crippen LogP contribution in [0.15, 0.2) is 24.3 Å². The molecule has 6 aliphatic rings. The van der Waals surface area contributed by atoms with Crippen LogP contribution in [0.5, 0.6) is 0 Å². The van der Waals surface area contributed by atoms with Crippen molar-refractivity contribution in [2.75, 3.05) is 0 Å². The first-order valence-corrected chi connectivity index (χ1v) is 13.2. The summed E-state index contributed by atoms with van der Waals surface area (Å²) in [7, 11) is 0. The summed E-state index contributed by atoms with van der Waals surface area (Å²) < 4.78 is 7.01. The molecule has 10 atom stereocenters. The van der Waals surface area contributed by atoms with Gasteiger partial charge in [0.25, 0.3) is 0 Å². The molecule has 1 N–H and O–H groups in total. The second-order valence-electron chi connectivity index (χ2n) is 13.0. The smallest absolute Gasteiger partial charge is 0.149 e.